The number of carbonyl (C=O) groups excluding carboxylic acids is 2. The molecular weight excluding hydrogens is 353 g/mol. The van der Waals surface area contributed by atoms with Crippen molar-refractivity contribution in [3.63, 3.8) is 0 Å². The van der Waals surface area contributed by atoms with Crippen LogP contribution in [0.25, 0.3) is 0 Å². The zero-order valence-electron chi connectivity index (χ0n) is 11.3. The van der Waals surface area contributed by atoms with E-state index in [1.54, 1.807) is 0 Å². The number of benzene rings is 1. The summed E-state index contributed by atoms with van der Waals surface area (Å²) in [5.74, 6) is -3.71. The largest absolute Gasteiger partial charge is 0.452 e. The summed E-state index contributed by atoms with van der Waals surface area (Å²) in [6, 6.07) is 4.07. The van der Waals surface area contributed by atoms with Crippen molar-refractivity contribution in [1.29, 1.82) is 0 Å². The maximum atomic E-state index is 13.0. The van der Waals surface area contributed by atoms with Crippen molar-refractivity contribution >= 4 is 40.8 Å². The first-order valence-corrected chi connectivity index (χ1v) is 6.85. The number of aromatic nitrogens is 1. The summed E-state index contributed by atoms with van der Waals surface area (Å²) < 4.78 is 30.5. The van der Waals surface area contributed by atoms with E-state index in [1.807, 2.05) is 0 Å². The Labute approximate surface area is 139 Å². The highest BCUT2D eigenvalue weighted by Gasteiger charge is 2.13. The van der Waals surface area contributed by atoms with Gasteiger partial charge in [0.05, 0.1) is 10.6 Å². The molecule has 1 heterocycles. The minimum atomic E-state index is -1.11. The molecule has 120 valence electrons. The second-order valence-corrected chi connectivity index (χ2v) is 5.02. The maximum Gasteiger partial charge on any atom is 0.340 e. The van der Waals surface area contributed by atoms with Gasteiger partial charge in [0, 0.05) is 18.0 Å². The lowest BCUT2D eigenvalue weighted by atomic mass is 10.3. The Hall–Kier alpha value is -2.25. The van der Waals surface area contributed by atoms with Crippen LogP contribution in [0.4, 0.5) is 14.5 Å². The summed E-state index contributed by atoms with van der Waals surface area (Å²) in [6.07, 6.45) is 1.14. The molecule has 9 heteroatoms. The molecule has 23 heavy (non-hydrogen) atoms. The zero-order valence-corrected chi connectivity index (χ0v) is 12.8. The van der Waals surface area contributed by atoms with Gasteiger partial charge in [-0.15, -0.1) is 0 Å². The molecule has 0 spiro atoms. The first-order chi connectivity index (χ1) is 10.9. The molecule has 0 unspecified atom stereocenters. The van der Waals surface area contributed by atoms with Crippen molar-refractivity contribution in [2.45, 2.75) is 0 Å². The highest BCUT2D eigenvalue weighted by molar-refractivity contribution is 6.41. The zero-order chi connectivity index (χ0) is 17.0. The first kappa shape index (κ1) is 17.1. The van der Waals surface area contributed by atoms with Gasteiger partial charge in [0.25, 0.3) is 5.91 Å². The number of esters is 1. The molecular formula is C14H8Cl2F2N2O3. The lowest BCUT2D eigenvalue weighted by Crippen LogP contribution is -2.21. The van der Waals surface area contributed by atoms with Gasteiger partial charge >= 0.3 is 5.97 Å². The SMILES string of the molecule is O=C(COC(=O)c1cnc(Cl)c(Cl)c1)Nc1ccc(F)c(F)c1. The fourth-order valence-electron chi connectivity index (χ4n) is 1.52. The molecule has 0 aliphatic rings. The van der Waals surface area contributed by atoms with Crippen molar-refractivity contribution in [2.24, 2.45) is 0 Å². The van der Waals surface area contributed by atoms with E-state index in [-0.39, 0.29) is 21.4 Å². The number of hydrogen-bond acceptors (Lipinski definition) is 4. The monoisotopic (exact) mass is 360 g/mol. The van der Waals surface area contributed by atoms with Gasteiger partial charge in [0.2, 0.25) is 0 Å². The molecule has 5 nitrogen and oxygen atoms in total. The number of nitrogens with one attached hydrogen (secondary N) is 1. The summed E-state index contributed by atoms with van der Waals surface area (Å²) >= 11 is 11.3. The third-order valence-corrected chi connectivity index (χ3v) is 3.26. The molecule has 0 aliphatic carbocycles. The summed E-state index contributed by atoms with van der Waals surface area (Å²) in [5.41, 5.74) is 0.0428. The highest BCUT2D eigenvalue weighted by Crippen LogP contribution is 2.20. The van der Waals surface area contributed by atoms with Crippen LogP contribution in [0.15, 0.2) is 30.5 Å². The molecule has 0 radical (unpaired) electrons. The van der Waals surface area contributed by atoms with Gasteiger partial charge in [-0.3, -0.25) is 4.79 Å². The lowest BCUT2D eigenvalue weighted by molar-refractivity contribution is -0.119. The Bertz CT molecular complexity index is 772. The van der Waals surface area contributed by atoms with E-state index in [1.165, 1.54) is 12.1 Å². The van der Waals surface area contributed by atoms with Gasteiger partial charge in [0.15, 0.2) is 18.2 Å². The van der Waals surface area contributed by atoms with Crippen LogP contribution in [0.1, 0.15) is 10.4 Å². The molecule has 0 bridgehead atoms. The van der Waals surface area contributed by atoms with Crippen molar-refractivity contribution in [3.05, 3.63) is 57.8 Å². The molecule has 1 aromatic carbocycles. The normalized spacial score (nSPS) is 10.3. The van der Waals surface area contributed by atoms with Crippen LogP contribution in [-0.4, -0.2) is 23.5 Å². The molecule has 1 aromatic heterocycles. The number of anilines is 1. The molecule has 0 fully saturated rings. The second-order valence-electron chi connectivity index (χ2n) is 4.25. The van der Waals surface area contributed by atoms with E-state index >= 15 is 0 Å². The molecule has 2 rings (SSSR count). The van der Waals surface area contributed by atoms with Crippen LogP contribution in [-0.2, 0) is 9.53 Å². The predicted molar refractivity (Wildman–Crippen MR) is 79.5 cm³/mol. The minimum absolute atomic E-state index is 0.0139. The van der Waals surface area contributed by atoms with E-state index in [0.717, 1.165) is 18.3 Å². The van der Waals surface area contributed by atoms with Crippen molar-refractivity contribution in [1.82, 2.24) is 4.98 Å². The Morgan fingerprint density at radius 3 is 2.57 bits per heavy atom. The number of nitrogens with zero attached hydrogens (tertiary/aromatic N) is 1. The summed E-state index contributed by atoms with van der Waals surface area (Å²) in [4.78, 5) is 27.0. The van der Waals surface area contributed by atoms with E-state index in [2.05, 4.69) is 10.3 Å². The van der Waals surface area contributed by atoms with Gasteiger partial charge in [-0.1, -0.05) is 23.2 Å². The standard InChI is InChI=1S/C14H8Cl2F2N2O3/c15-9-3-7(5-19-13(9)16)14(22)23-6-12(21)20-8-1-2-10(17)11(18)4-8/h1-5H,6H2,(H,20,21). The van der Waals surface area contributed by atoms with Gasteiger partial charge in [0.1, 0.15) is 5.15 Å². The minimum Gasteiger partial charge on any atom is -0.452 e. The molecule has 1 amide bonds. The molecule has 0 saturated carbocycles. The summed E-state index contributed by atoms with van der Waals surface area (Å²) in [7, 11) is 0. The Balaban J connectivity index is 1.91. The molecule has 0 saturated heterocycles. The van der Waals surface area contributed by atoms with Crippen LogP contribution in [0.3, 0.4) is 0 Å². The summed E-state index contributed by atoms with van der Waals surface area (Å²) in [5, 5.41) is 2.34. The third kappa shape index (κ3) is 4.61. The molecule has 2 aromatic rings. The Kier molecular flexibility index (Phi) is 5.46. The lowest BCUT2D eigenvalue weighted by Gasteiger charge is -2.07. The van der Waals surface area contributed by atoms with Gasteiger partial charge in [-0.05, 0) is 18.2 Å². The fourth-order valence-corrected chi connectivity index (χ4v) is 1.79. The summed E-state index contributed by atoms with van der Waals surface area (Å²) in [6.45, 7) is -0.627. The number of halogens is 4. The number of hydrogen-bond donors (Lipinski definition) is 1. The number of carbonyl (C=O) groups is 2. The molecule has 0 atom stereocenters. The molecule has 0 aliphatic heterocycles. The molecule has 1 N–H and O–H groups in total. The maximum absolute atomic E-state index is 13.0. The number of amides is 1. The second kappa shape index (κ2) is 7.34. The highest BCUT2D eigenvalue weighted by atomic mass is 35.5. The van der Waals surface area contributed by atoms with Gasteiger partial charge in [-0.25, -0.2) is 18.6 Å². The van der Waals surface area contributed by atoms with Crippen LogP contribution in [0, 0.1) is 11.6 Å². The van der Waals surface area contributed by atoms with E-state index in [4.69, 9.17) is 27.9 Å². The number of rotatable bonds is 4. The third-order valence-electron chi connectivity index (χ3n) is 2.57. The van der Waals surface area contributed by atoms with E-state index in [0.29, 0.717) is 0 Å². The van der Waals surface area contributed by atoms with E-state index < -0.39 is 30.1 Å². The number of ether oxygens (including phenoxy) is 1. The van der Waals surface area contributed by atoms with E-state index in [9.17, 15) is 18.4 Å². The van der Waals surface area contributed by atoms with Crippen molar-refractivity contribution in [2.75, 3.05) is 11.9 Å². The van der Waals surface area contributed by atoms with Crippen molar-refractivity contribution in [3.8, 4) is 0 Å². The average Bonchev–Trinajstić information content (AvgIpc) is 2.51. The quantitative estimate of drug-likeness (QED) is 0.669. The van der Waals surface area contributed by atoms with Gasteiger partial charge < -0.3 is 10.1 Å². The average molecular weight is 361 g/mol. The van der Waals surface area contributed by atoms with Crippen LogP contribution < -0.4 is 5.32 Å². The topological polar surface area (TPSA) is 68.3 Å². The predicted octanol–water partition coefficient (Wildman–Crippen LogP) is 3.46. The van der Waals surface area contributed by atoms with Crippen LogP contribution in [0.5, 0.6) is 0 Å². The Morgan fingerprint density at radius 1 is 1.17 bits per heavy atom. The van der Waals surface area contributed by atoms with Crippen molar-refractivity contribution < 1.29 is 23.1 Å². The van der Waals surface area contributed by atoms with Crippen LogP contribution >= 0.6 is 23.2 Å². The number of pyridine rings is 1. The first-order valence-electron chi connectivity index (χ1n) is 6.10. The smallest absolute Gasteiger partial charge is 0.340 e. The Morgan fingerprint density at radius 2 is 1.91 bits per heavy atom. The van der Waals surface area contributed by atoms with Crippen LogP contribution in [0.2, 0.25) is 10.2 Å². The fraction of sp³-hybridized carbons (Fsp3) is 0.0714. The van der Waals surface area contributed by atoms with Gasteiger partial charge in [-0.2, -0.15) is 0 Å².